The van der Waals surface area contributed by atoms with Gasteiger partial charge in [-0.1, -0.05) is 47.7 Å². The van der Waals surface area contributed by atoms with E-state index >= 15 is 0 Å². The van der Waals surface area contributed by atoms with Crippen LogP contribution in [-0.4, -0.2) is 25.4 Å². The molecule has 0 saturated carbocycles. The van der Waals surface area contributed by atoms with Crippen LogP contribution in [0.25, 0.3) is 10.2 Å². The minimum absolute atomic E-state index is 0.0947. The van der Waals surface area contributed by atoms with Crippen molar-refractivity contribution in [1.82, 2.24) is 4.57 Å². The topological polar surface area (TPSA) is 88.5 Å². The van der Waals surface area contributed by atoms with E-state index < -0.39 is 22.5 Å². The van der Waals surface area contributed by atoms with Gasteiger partial charge in [0.1, 0.15) is 6.54 Å². The molecule has 0 aliphatic rings. The fourth-order valence-electron chi connectivity index (χ4n) is 3.17. The highest BCUT2D eigenvalue weighted by atomic mass is 32.2. The van der Waals surface area contributed by atoms with Crippen molar-refractivity contribution in [1.29, 1.82) is 0 Å². The van der Waals surface area contributed by atoms with Crippen LogP contribution in [0.15, 0.2) is 88.6 Å². The Bertz CT molecular complexity index is 1400. The maximum absolute atomic E-state index is 13.2. The number of hydrogen-bond donors (Lipinski definition) is 1. The number of aryl methyl sites for hydroxylation is 1. The second-order valence-electron chi connectivity index (χ2n) is 6.82. The van der Waals surface area contributed by atoms with Gasteiger partial charge in [0.2, 0.25) is 5.91 Å². The molecule has 0 aliphatic heterocycles. The van der Waals surface area contributed by atoms with Gasteiger partial charge in [0.15, 0.2) is 0 Å². The molecule has 3 aromatic carbocycles. The van der Waals surface area contributed by atoms with Crippen LogP contribution in [0.4, 0.5) is 11.4 Å². The lowest BCUT2D eigenvalue weighted by atomic mass is 10.3. The number of carbonyl (C=O) groups is 1. The number of sulfonamides is 1. The molecular weight excluding hydrogens is 434 g/mol. The normalized spacial score (nSPS) is 11.4. The molecule has 1 N–H and O–H groups in total. The maximum atomic E-state index is 13.2. The van der Waals surface area contributed by atoms with Crippen molar-refractivity contribution in [2.75, 3.05) is 16.2 Å². The number of nitrogens with one attached hydrogen (secondary N) is 1. The summed E-state index contributed by atoms with van der Waals surface area (Å²) in [6, 6.07) is 21.6. The molecule has 1 heterocycles. The third-order valence-corrected chi connectivity index (χ3v) is 7.52. The first-order valence-electron chi connectivity index (χ1n) is 9.38. The molecule has 0 aliphatic carbocycles. The van der Waals surface area contributed by atoms with Crippen LogP contribution < -0.4 is 14.5 Å². The number of rotatable bonds is 6. The van der Waals surface area contributed by atoms with Gasteiger partial charge in [-0.2, -0.15) is 0 Å². The number of fused-ring (bicyclic) bond motifs is 1. The van der Waals surface area contributed by atoms with Gasteiger partial charge < -0.3 is 9.88 Å². The number of benzene rings is 3. The van der Waals surface area contributed by atoms with Crippen molar-refractivity contribution < 1.29 is 13.2 Å². The first-order valence-corrected chi connectivity index (χ1v) is 11.6. The number of carbonyl (C=O) groups excluding carboxylic acids is 1. The molecule has 0 radical (unpaired) electrons. The van der Waals surface area contributed by atoms with Crippen molar-refractivity contribution in [2.24, 2.45) is 7.05 Å². The fourth-order valence-corrected chi connectivity index (χ4v) is 5.53. The molecule has 4 aromatic rings. The van der Waals surface area contributed by atoms with Gasteiger partial charge in [-0.05, 0) is 42.5 Å². The van der Waals surface area contributed by atoms with Gasteiger partial charge in [0, 0.05) is 12.7 Å². The summed E-state index contributed by atoms with van der Waals surface area (Å²) in [5, 5.41) is 2.74. The average Bonchev–Trinajstić information content (AvgIpc) is 3.06. The predicted molar refractivity (Wildman–Crippen MR) is 123 cm³/mol. The van der Waals surface area contributed by atoms with E-state index in [2.05, 4.69) is 5.32 Å². The zero-order chi connectivity index (χ0) is 22.0. The molecule has 158 valence electrons. The molecule has 4 rings (SSSR count). The molecule has 9 heteroatoms. The van der Waals surface area contributed by atoms with Gasteiger partial charge in [-0.25, -0.2) is 8.42 Å². The molecular formula is C22H19N3O4S2. The highest BCUT2D eigenvalue weighted by Gasteiger charge is 2.27. The minimum atomic E-state index is -3.95. The van der Waals surface area contributed by atoms with Crippen LogP contribution in [0.1, 0.15) is 0 Å². The van der Waals surface area contributed by atoms with Crippen LogP contribution in [0.3, 0.4) is 0 Å². The molecule has 1 aromatic heterocycles. The van der Waals surface area contributed by atoms with Crippen molar-refractivity contribution >= 4 is 48.9 Å². The number of aromatic nitrogens is 1. The van der Waals surface area contributed by atoms with Crippen molar-refractivity contribution in [3.63, 3.8) is 0 Å². The summed E-state index contributed by atoms with van der Waals surface area (Å²) in [5.41, 5.74) is 1.65. The summed E-state index contributed by atoms with van der Waals surface area (Å²) in [4.78, 5) is 24.6. The smallest absolute Gasteiger partial charge is 0.307 e. The number of para-hydroxylation sites is 1. The van der Waals surface area contributed by atoms with E-state index in [0.29, 0.717) is 11.4 Å². The molecule has 7 nitrogen and oxygen atoms in total. The monoisotopic (exact) mass is 453 g/mol. The van der Waals surface area contributed by atoms with Gasteiger partial charge >= 0.3 is 4.87 Å². The summed E-state index contributed by atoms with van der Waals surface area (Å²) in [5.74, 6) is -0.494. The summed E-state index contributed by atoms with van der Waals surface area (Å²) in [7, 11) is -2.26. The van der Waals surface area contributed by atoms with E-state index in [1.165, 1.54) is 16.7 Å². The maximum Gasteiger partial charge on any atom is 0.307 e. The standard InChI is InChI=1S/C22H19N3O4S2/c1-24-19-13-12-16(14-20(19)30-22(24)27)23-21(26)15-25(17-8-4-2-5-9-17)31(28,29)18-10-6-3-7-11-18/h2-14H,15H2,1H3,(H,23,26). The van der Waals surface area contributed by atoms with Crippen LogP contribution in [0.5, 0.6) is 0 Å². The molecule has 0 unspecified atom stereocenters. The number of nitrogens with zero attached hydrogens (tertiary/aromatic N) is 2. The minimum Gasteiger partial charge on any atom is -0.324 e. The lowest BCUT2D eigenvalue weighted by molar-refractivity contribution is -0.114. The quantitative estimate of drug-likeness (QED) is 0.484. The zero-order valence-electron chi connectivity index (χ0n) is 16.6. The van der Waals surface area contributed by atoms with Crippen molar-refractivity contribution in [3.05, 3.63) is 88.5 Å². The van der Waals surface area contributed by atoms with E-state index in [1.807, 2.05) is 0 Å². The third-order valence-electron chi connectivity index (χ3n) is 4.74. The number of amides is 1. The first kappa shape index (κ1) is 20.8. The van der Waals surface area contributed by atoms with Crippen LogP contribution in [0, 0.1) is 0 Å². The summed E-state index contributed by atoms with van der Waals surface area (Å²) in [6.07, 6.45) is 0. The Labute approximate surface area is 183 Å². The predicted octanol–water partition coefficient (Wildman–Crippen LogP) is 3.43. The second kappa shape index (κ2) is 8.37. The van der Waals surface area contributed by atoms with E-state index in [9.17, 15) is 18.0 Å². The van der Waals surface area contributed by atoms with Crippen LogP contribution in [-0.2, 0) is 21.9 Å². The fraction of sp³-hybridized carbons (Fsp3) is 0.0909. The number of thiazole rings is 1. The average molecular weight is 454 g/mol. The first-order chi connectivity index (χ1) is 14.9. The Kier molecular flexibility index (Phi) is 5.62. The molecule has 1 amide bonds. The van der Waals surface area contributed by atoms with Gasteiger partial charge in [0.05, 0.1) is 20.8 Å². The molecule has 0 spiro atoms. The lowest BCUT2D eigenvalue weighted by Gasteiger charge is -2.24. The Hall–Kier alpha value is -3.43. The molecule has 31 heavy (non-hydrogen) atoms. The van der Waals surface area contributed by atoms with Crippen LogP contribution >= 0.6 is 11.3 Å². The number of hydrogen-bond acceptors (Lipinski definition) is 5. The highest BCUT2D eigenvalue weighted by Crippen LogP contribution is 2.24. The molecule has 0 atom stereocenters. The van der Waals surface area contributed by atoms with Crippen LogP contribution in [0.2, 0.25) is 0 Å². The van der Waals surface area contributed by atoms with E-state index in [-0.39, 0.29) is 9.77 Å². The summed E-state index contributed by atoms with van der Waals surface area (Å²) >= 11 is 1.08. The summed E-state index contributed by atoms with van der Waals surface area (Å²) in [6.45, 7) is -0.399. The Morgan fingerprint density at radius 2 is 1.65 bits per heavy atom. The summed E-state index contributed by atoms with van der Waals surface area (Å²) < 4.78 is 29.8. The molecule has 0 fully saturated rings. The van der Waals surface area contributed by atoms with E-state index in [1.54, 1.807) is 73.8 Å². The third kappa shape index (κ3) is 4.23. The lowest BCUT2D eigenvalue weighted by Crippen LogP contribution is -2.38. The van der Waals surface area contributed by atoms with Crippen molar-refractivity contribution in [3.8, 4) is 0 Å². The van der Waals surface area contributed by atoms with Crippen molar-refractivity contribution in [2.45, 2.75) is 4.90 Å². The SMILES string of the molecule is Cn1c(=O)sc2cc(NC(=O)CN(c3ccccc3)S(=O)(=O)c3ccccc3)ccc21. The van der Waals surface area contributed by atoms with Gasteiger partial charge in [-0.3, -0.25) is 13.9 Å². The second-order valence-corrected chi connectivity index (χ2v) is 9.67. The Morgan fingerprint density at radius 3 is 2.32 bits per heavy atom. The largest absolute Gasteiger partial charge is 0.324 e. The van der Waals surface area contributed by atoms with E-state index in [4.69, 9.17) is 0 Å². The Balaban J connectivity index is 1.63. The van der Waals surface area contributed by atoms with E-state index in [0.717, 1.165) is 25.9 Å². The zero-order valence-corrected chi connectivity index (χ0v) is 18.2. The number of anilines is 2. The molecule has 0 saturated heterocycles. The van der Waals surface area contributed by atoms with Gasteiger partial charge in [-0.15, -0.1) is 0 Å². The Morgan fingerprint density at radius 1 is 1.00 bits per heavy atom. The highest BCUT2D eigenvalue weighted by molar-refractivity contribution is 7.92. The molecule has 0 bridgehead atoms. The van der Waals surface area contributed by atoms with Gasteiger partial charge in [0.25, 0.3) is 10.0 Å².